The lowest BCUT2D eigenvalue weighted by Crippen LogP contribution is -2.42. The van der Waals surface area contributed by atoms with Gasteiger partial charge in [-0.15, -0.1) is 0 Å². The second-order valence-electron chi connectivity index (χ2n) is 4.99. The predicted molar refractivity (Wildman–Crippen MR) is 89.5 cm³/mol. The second-order valence-corrected chi connectivity index (χ2v) is 5.85. The maximum absolute atomic E-state index is 12.2. The number of esters is 1. The molecule has 7 nitrogen and oxygen atoms in total. The highest BCUT2D eigenvalue weighted by molar-refractivity contribution is 9.10. The first-order valence-corrected chi connectivity index (χ1v) is 8.39. The van der Waals surface area contributed by atoms with Crippen LogP contribution in [0, 0.1) is 0 Å². The molecule has 0 aliphatic carbocycles. The molecule has 1 aliphatic rings. The van der Waals surface area contributed by atoms with Crippen LogP contribution in [0.2, 0.25) is 0 Å². The van der Waals surface area contributed by atoms with Crippen LogP contribution in [0.5, 0.6) is 11.5 Å². The minimum Gasteiger partial charge on any atom is -0.492 e. The van der Waals surface area contributed by atoms with Crippen molar-refractivity contribution in [3.8, 4) is 11.5 Å². The van der Waals surface area contributed by atoms with Gasteiger partial charge in [-0.25, -0.2) is 4.79 Å². The first-order valence-electron chi connectivity index (χ1n) is 7.59. The lowest BCUT2D eigenvalue weighted by atomic mass is 10.2. The van der Waals surface area contributed by atoms with Gasteiger partial charge in [0.1, 0.15) is 0 Å². The Balaban J connectivity index is 2.02. The van der Waals surface area contributed by atoms with E-state index >= 15 is 0 Å². The number of amides is 1. The summed E-state index contributed by atoms with van der Waals surface area (Å²) in [4.78, 5) is 25.8. The van der Waals surface area contributed by atoms with Crippen molar-refractivity contribution in [1.82, 2.24) is 4.90 Å². The van der Waals surface area contributed by atoms with Gasteiger partial charge in [-0.2, -0.15) is 0 Å². The van der Waals surface area contributed by atoms with Gasteiger partial charge in [0, 0.05) is 13.1 Å². The maximum Gasteiger partial charge on any atom is 0.338 e. The molecular formula is C16H20BrNO6. The number of halogens is 1. The number of nitrogens with zero attached hydrogens (tertiary/aromatic N) is 1. The van der Waals surface area contributed by atoms with Crippen molar-refractivity contribution in [2.75, 3.05) is 46.6 Å². The van der Waals surface area contributed by atoms with Crippen LogP contribution in [0.3, 0.4) is 0 Å². The highest BCUT2D eigenvalue weighted by atomic mass is 79.9. The van der Waals surface area contributed by atoms with Crippen molar-refractivity contribution in [3.05, 3.63) is 22.2 Å². The zero-order valence-corrected chi connectivity index (χ0v) is 15.3. The fourth-order valence-electron chi connectivity index (χ4n) is 2.26. The summed E-state index contributed by atoms with van der Waals surface area (Å²) in [6.07, 6.45) is 0. The monoisotopic (exact) mass is 401 g/mol. The van der Waals surface area contributed by atoms with Gasteiger partial charge in [0.2, 0.25) is 0 Å². The third-order valence-corrected chi connectivity index (χ3v) is 4.03. The van der Waals surface area contributed by atoms with Gasteiger partial charge >= 0.3 is 5.97 Å². The van der Waals surface area contributed by atoms with Gasteiger partial charge in [-0.05, 0) is 35.0 Å². The van der Waals surface area contributed by atoms with E-state index in [1.54, 1.807) is 11.0 Å². The first-order chi connectivity index (χ1) is 11.6. The number of rotatable bonds is 6. The summed E-state index contributed by atoms with van der Waals surface area (Å²) in [5.41, 5.74) is 0.279. The van der Waals surface area contributed by atoms with Gasteiger partial charge in [-0.3, -0.25) is 4.79 Å². The number of benzene rings is 1. The van der Waals surface area contributed by atoms with Gasteiger partial charge in [0.05, 0.1) is 37.0 Å². The highest BCUT2D eigenvalue weighted by Crippen LogP contribution is 2.36. The molecule has 1 aromatic rings. The molecule has 0 aromatic heterocycles. The number of carbonyl (C=O) groups is 2. The molecule has 0 N–H and O–H groups in total. The molecule has 1 saturated heterocycles. The molecule has 24 heavy (non-hydrogen) atoms. The Kier molecular flexibility index (Phi) is 6.86. The van der Waals surface area contributed by atoms with Crippen molar-refractivity contribution < 1.29 is 28.5 Å². The molecule has 0 saturated carbocycles. The van der Waals surface area contributed by atoms with Gasteiger partial charge in [0.25, 0.3) is 5.91 Å². The number of ether oxygens (including phenoxy) is 4. The van der Waals surface area contributed by atoms with E-state index in [1.807, 2.05) is 6.92 Å². The fourth-order valence-corrected chi connectivity index (χ4v) is 2.87. The summed E-state index contributed by atoms with van der Waals surface area (Å²) in [7, 11) is 1.52. The molecule has 1 amide bonds. The van der Waals surface area contributed by atoms with E-state index in [9.17, 15) is 9.59 Å². The summed E-state index contributed by atoms with van der Waals surface area (Å²) in [6.45, 7) is 3.99. The number of methoxy groups -OCH3 is 1. The molecule has 0 atom stereocenters. The zero-order chi connectivity index (χ0) is 17.5. The SMILES string of the molecule is CCOc1cc(C(=O)OCC(=O)N2CCOCC2)cc(Br)c1OC. The topological polar surface area (TPSA) is 74.3 Å². The Morgan fingerprint density at radius 1 is 1.29 bits per heavy atom. The fraction of sp³-hybridized carbons (Fsp3) is 0.500. The Morgan fingerprint density at radius 2 is 2.00 bits per heavy atom. The van der Waals surface area contributed by atoms with Crippen molar-refractivity contribution in [2.45, 2.75) is 6.92 Å². The van der Waals surface area contributed by atoms with Crippen molar-refractivity contribution in [3.63, 3.8) is 0 Å². The normalized spacial score (nSPS) is 14.2. The third kappa shape index (κ3) is 4.61. The van der Waals surface area contributed by atoms with Crippen LogP contribution in [0.1, 0.15) is 17.3 Å². The molecular weight excluding hydrogens is 382 g/mol. The van der Waals surface area contributed by atoms with Crippen LogP contribution in [-0.2, 0) is 14.3 Å². The smallest absolute Gasteiger partial charge is 0.338 e. The molecule has 2 rings (SSSR count). The molecule has 0 unspecified atom stereocenters. The summed E-state index contributed by atoms with van der Waals surface area (Å²) in [5.74, 6) is 0.101. The van der Waals surface area contributed by atoms with Crippen LogP contribution in [0.25, 0.3) is 0 Å². The van der Waals surface area contributed by atoms with Crippen molar-refractivity contribution in [2.24, 2.45) is 0 Å². The second kappa shape index (κ2) is 8.89. The first kappa shape index (κ1) is 18.5. The molecule has 1 aliphatic heterocycles. The summed E-state index contributed by atoms with van der Waals surface area (Å²) in [6, 6.07) is 3.11. The van der Waals surface area contributed by atoms with Gasteiger partial charge in [0.15, 0.2) is 18.1 Å². The average Bonchev–Trinajstić information content (AvgIpc) is 2.60. The Hall–Kier alpha value is -1.80. The number of hydrogen-bond donors (Lipinski definition) is 0. The minimum absolute atomic E-state index is 0.232. The standard InChI is InChI=1S/C16H20BrNO6/c1-3-23-13-9-11(8-12(17)15(13)21-2)16(20)24-10-14(19)18-4-6-22-7-5-18/h8-9H,3-7,10H2,1-2H3. The van der Waals surface area contributed by atoms with Crippen LogP contribution in [0.4, 0.5) is 0 Å². The van der Waals surface area contributed by atoms with Crippen molar-refractivity contribution in [1.29, 1.82) is 0 Å². The number of morpholine rings is 1. The van der Waals surface area contributed by atoms with Crippen LogP contribution < -0.4 is 9.47 Å². The number of carbonyl (C=O) groups excluding carboxylic acids is 2. The highest BCUT2D eigenvalue weighted by Gasteiger charge is 2.20. The summed E-state index contributed by atoms with van der Waals surface area (Å²) in [5, 5.41) is 0. The van der Waals surface area contributed by atoms with E-state index in [4.69, 9.17) is 18.9 Å². The molecule has 1 fully saturated rings. The summed E-state index contributed by atoms with van der Waals surface area (Å²) >= 11 is 3.34. The molecule has 8 heteroatoms. The zero-order valence-electron chi connectivity index (χ0n) is 13.7. The molecule has 132 valence electrons. The Labute approximate surface area is 148 Å². The maximum atomic E-state index is 12.2. The van der Waals surface area contributed by atoms with Crippen molar-refractivity contribution >= 4 is 27.8 Å². The Morgan fingerprint density at radius 3 is 2.62 bits per heavy atom. The molecule has 1 aromatic carbocycles. The molecule has 0 bridgehead atoms. The van der Waals surface area contributed by atoms with E-state index in [0.29, 0.717) is 48.9 Å². The molecule has 0 spiro atoms. The van der Waals surface area contributed by atoms with Gasteiger partial charge in [-0.1, -0.05) is 0 Å². The van der Waals surface area contributed by atoms with Crippen LogP contribution in [0.15, 0.2) is 16.6 Å². The minimum atomic E-state index is -0.596. The van der Waals surface area contributed by atoms with Crippen LogP contribution in [-0.4, -0.2) is 63.4 Å². The van der Waals surface area contributed by atoms with E-state index < -0.39 is 5.97 Å². The third-order valence-electron chi connectivity index (χ3n) is 3.44. The summed E-state index contributed by atoms with van der Waals surface area (Å²) < 4.78 is 21.6. The largest absolute Gasteiger partial charge is 0.492 e. The quantitative estimate of drug-likeness (QED) is 0.677. The van der Waals surface area contributed by atoms with E-state index in [-0.39, 0.29) is 18.1 Å². The van der Waals surface area contributed by atoms with Gasteiger partial charge < -0.3 is 23.8 Å². The predicted octanol–water partition coefficient (Wildman–Crippen LogP) is 1.87. The van der Waals surface area contributed by atoms with E-state index in [1.165, 1.54) is 13.2 Å². The van der Waals surface area contributed by atoms with E-state index in [0.717, 1.165) is 0 Å². The lowest BCUT2D eigenvalue weighted by Gasteiger charge is -2.26. The average molecular weight is 402 g/mol. The van der Waals surface area contributed by atoms with Crippen LogP contribution >= 0.6 is 15.9 Å². The van der Waals surface area contributed by atoms with E-state index in [2.05, 4.69) is 15.9 Å². The molecule has 1 heterocycles. The molecule has 0 radical (unpaired) electrons. The Bertz CT molecular complexity index is 600. The lowest BCUT2D eigenvalue weighted by molar-refractivity contribution is -0.138. The number of hydrogen-bond acceptors (Lipinski definition) is 6.